The van der Waals surface area contributed by atoms with Gasteiger partial charge in [0.1, 0.15) is 5.75 Å². The molecule has 2 N–H and O–H groups in total. The molecule has 6 nitrogen and oxygen atoms in total. The fourth-order valence-electron chi connectivity index (χ4n) is 2.63. The van der Waals surface area contributed by atoms with Gasteiger partial charge in [-0.1, -0.05) is 40.2 Å². The highest BCUT2D eigenvalue weighted by molar-refractivity contribution is 9.10. The highest BCUT2D eigenvalue weighted by Gasteiger charge is 2.13. The number of hydrogen-bond donors (Lipinski definition) is 2. The van der Waals surface area contributed by atoms with E-state index in [4.69, 9.17) is 9.47 Å². The number of ether oxygens (including phenoxy) is 2. The predicted molar refractivity (Wildman–Crippen MR) is 108 cm³/mol. The molecule has 0 bridgehead atoms. The number of methoxy groups -OCH3 is 2. The number of amides is 1. The monoisotopic (exact) mass is 428 g/mol. The molecule has 0 saturated heterocycles. The van der Waals surface area contributed by atoms with Gasteiger partial charge in [-0.3, -0.25) is 4.79 Å². The first-order chi connectivity index (χ1) is 13.0. The number of fused-ring (bicyclic) bond motifs is 1. The van der Waals surface area contributed by atoms with Gasteiger partial charge in [-0.05, 0) is 35.0 Å². The van der Waals surface area contributed by atoms with Gasteiger partial charge >= 0.3 is 0 Å². The molecule has 27 heavy (non-hydrogen) atoms. The summed E-state index contributed by atoms with van der Waals surface area (Å²) in [6.45, 7) is 0. The van der Waals surface area contributed by atoms with E-state index in [0.717, 1.165) is 10.8 Å². The van der Waals surface area contributed by atoms with Crippen LogP contribution in [0.25, 0.3) is 10.8 Å². The van der Waals surface area contributed by atoms with Crippen molar-refractivity contribution in [1.82, 2.24) is 5.43 Å². The fraction of sp³-hybridized carbons (Fsp3) is 0.100. The zero-order valence-electron chi connectivity index (χ0n) is 14.7. The van der Waals surface area contributed by atoms with E-state index in [0.29, 0.717) is 27.1 Å². The summed E-state index contributed by atoms with van der Waals surface area (Å²) in [5.74, 6) is 0.263. The molecule has 0 unspecified atom stereocenters. The molecule has 0 aliphatic carbocycles. The number of nitrogens with one attached hydrogen (secondary N) is 1. The number of rotatable bonds is 5. The summed E-state index contributed by atoms with van der Waals surface area (Å²) in [6, 6.07) is 14.5. The number of hydrazone groups is 1. The van der Waals surface area contributed by atoms with Crippen molar-refractivity contribution in [3.8, 4) is 17.2 Å². The molecule has 0 atom stereocenters. The van der Waals surface area contributed by atoms with Crippen LogP contribution in [0.3, 0.4) is 0 Å². The SMILES string of the molecule is COc1cc2ccccc2cc1C(=O)N/N=C/c1cc(Br)cc(OC)c1O. The van der Waals surface area contributed by atoms with Gasteiger partial charge in [0.05, 0.1) is 26.0 Å². The molecule has 0 spiro atoms. The van der Waals surface area contributed by atoms with Crippen molar-refractivity contribution in [2.45, 2.75) is 0 Å². The molecule has 3 aromatic carbocycles. The summed E-state index contributed by atoms with van der Waals surface area (Å²) in [5, 5.41) is 16.0. The Morgan fingerprint density at radius 2 is 1.74 bits per heavy atom. The number of hydrogen-bond acceptors (Lipinski definition) is 5. The van der Waals surface area contributed by atoms with Gasteiger partial charge in [0.2, 0.25) is 0 Å². The summed E-state index contributed by atoms with van der Waals surface area (Å²) in [4.78, 5) is 12.5. The lowest BCUT2D eigenvalue weighted by atomic mass is 10.1. The van der Waals surface area contributed by atoms with Crippen LogP contribution in [0.5, 0.6) is 17.2 Å². The molecule has 0 heterocycles. The van der Waals surface area contributed by atoms with Crippen LogP contribution >= 0.6 is 15.9 Å². The maximum atomic E-state index is 12.5. The largest absolute Gasteiger partial charge is 0.504 e. The van der Waals surface area contributed by atoms with Crippen molar-refractivity contribution < 1.29 is 19.4 Å². The number of carbonyl (C=O) groups is 1. The van der Waals surface area contributed by atoms with Crippen LogP contribution in [-0.4, -0.2) is 31.4 Å². The van der Waals surface area contributed by atoms with Gasteiger partial charge in [0.15, 0.2) is 11.5 Å². The van der Waals surface area contributed by atoms with Gasteiger partial charge < -0.3 is 14.6 Å². The smallest absolute Gasteiger partial charge is 0.275 e. The standard InChI is InChI=1S/C20H17BrN2O4/c1-26-17-9-13-6-4-3-5-12(13)8-16(17)20(25)23-22-11-14-7-15(21)10-18(27-2)19(14)24/h3-11,24H,1-2H3,(H,23,25)/b22-11+. The minimum absolute atomic E-state index is 0.0676. The Bertz CT molecular complexity index is 1030. The zero-order chi connectivity index (χ0) is 19.4. The predicted octanol–water partition coefficient (Wildman–Crippen LogP) is 4.09. The van der Waals surface area contributed by atoms with E-state index in [1.54, 1.807) is 24.3 Å². The van der Waals surface area contributed by atoms with Crippen molar-refractivity contribution >= 4 is 38.8 Å². The number of phenols is 1. The number of halogens is 1. The molecule has 3 aromatic rings. The van der Waals surface area contributed by atoms with Crippen LogP contribution in [0.2, 0.25) is 0 Å². The lowest BCUT2D eigenvalue weighted by molar-refractivity contribution is 0.0952. The lowest BCUT2D eigenvalue weighted by Crippen LogP contribution is -2.18. The van der Waals surface area contributed by atoms with Crippen LogP contribution < -0.4 is 14.9 Å². The second-order valence-corrected chi connectivity index (χ2v) is 6.56. The second kappa shape index (κ2) is 8.09. The third kappa shape index (κ3) is 4.03. The van der Waals surface area contributed by atoms with Crippen molar-refractivity contribution in [3.63, 3.8) is 0 Å². The molecule has 0 fully saturated rings. The molecule has 0 aliphatic rings. The van der Waals surface area contributed by atoms with Crippen LogP contribution in [-0.2, 0) is 0 Å². The second-order valence-electron chi connectivity index (χ2n) is 5.64. The Labute approximate surface area is 164 Å². The molecule has 7 heteroatoms. The van der Waals surface area contributed by atoms with Gasteiger partial charge in [0.25, 0.3) is 5.91 Å². The number of benzene rings is 3. The molecule has 0 aliphatic heterocycles. The van der Waals surface area contributed by atoms with Crippen molar-refractivity contribution in [2.24, 2.45) is 5.10 Å². The summed E-state index contributed by atoms with van der Waals surface area (Å²) < 4.78 is 11.1. The van der Waals surface area contributed by atoms with Gasteiger partial charge in [0, 0.05) is 10.0 Å². The lowest BCUT2D eigenvalue weighted by Gasteiger charge is -2.09. The summed E-state index contributed by atoms with van der Waals surface area (Å²) in [7, 11) is 2.96. The fourth-order valence-corrected chi connectivity index (χ4v) is 3.09. The third-order valence-corrected chi connectivity index (χ3v) is 4.43. The normalized spacial score (nSPS) is 10.9. The molecule has 1 amide bonds. The van der Waals surface area contributed by atoms with Crippen LogP contribution in [0.1, 0.15) is 15.9 Å². The summed E-state index contributed by atoms with van der Waals surface area (Å²) in [5.41, 5.74) is 3.21. The van der Waals surface area contributed by atoms with E-state index in [2.05, 4.69) is 26.5 Å². The van der Waals surface area contributed by atoms with Crippen molar-refractivity contribution in [1.29, 1.82) is 0 Å². The van der Waals surface area contributed by atoms with Crippen molar-refractivity contribution in [2.75, 3.05) is 14.2 Å². The summed E-state index contributed by atoms with van der Waals surface area (Å²) >= 11 is 3.33. The maximum Gasteiger partial charge on any atom is 0.275 e. The third-order valence-electron chi connectivity index (χ3n) is 3.97. The number of phenolic OH excluding ortho intramolecular Hbond substituents is 1. The first-order valence-corrected chi connectivity index (χ1v) is 8.79. The highest BCUT2D eigenvalue weighted by Crippen LogP contribution is 2.32. The molecular weight excluding hydrogens is 412 g/mol. The maximum absolute atomic E-state index is 12.5. The van der Waals surface area contributed by atoms with E-state index in [1.165, 1.54) is 20.4 Å². The number of carbonyl (C=O) groups excluding carboxylic acids is 1. The Morgan fingerprint density at radius 3 is 2.41 bits per heavy atom. The van der Waals surface area contributed by atoms with Gasteiger partial charge in [-0.15, -0.1) is 0 Å². The van der Waals surface area contributed by atoms with Gasteiger partial charge in [-0.25, -0.2) is 5.43 Å². The Morgan fingerprint density at radius 1 is 1.07 bits per heavy atom. The highest BCUT2D eigenvalue weighted by atomic mass is 79.9. The van der Waals surface area contributed by atoms with E-state index >= 15 is 0 Å². The average molecular weight is 429 g/mol. The molecular formula is C20H17BrN2O4. The molecule has 0 saturated carbocycles. The zero-order valence-corrected chi connectivity index (χ0v) is 16.3. The Balaban J connectivity index is 1.85. The molecule has 138 valence electrons. The van der Waals surface area contributed by atoms with Crippen molar-refractivity contribution in [3.05, 3.63) is 64.1 Å². The molecule has 0 radical (unpaired) electrons. The van der Waals surface area contributed by atoms with Crippen LogP contribution in [0, 0.1) is 0 Å². The number of aromatic hydroxyl groups is 1. The quantitative estimate of drug-likeness (QED) is 0.473. The van der Waals surface area contributed by atoms with E-state index < -0.39 is 5.91 Å². The topological polar surface area (TPSA) is 80.2 Å². The molecule has 3 rings (SSSR count). The average Bonchev–Trinajstić information content (AvgIpc) is 2.68. The van der Waals surface area contributed by atoms with Crippen LogP contribution in [0.4, 0.5) is 0 Å². The minimum Gasteiger partial charge on any atom is -0.504 e. The summed E-state index contributed by atoms with van der Waals surface area (Å²) in [6.07, 6.45) is 1.34. The Hall–Kier alpha value is -3.06. The van der Waals surface area contributed by atoms with E-state index in [1.807, 2.05) is 24.3 Å². The van der Waals surface area contributed by atoms with E-state index in [9.17, 15) is 9.90 Å². The minimum atomic E-state index is -0.421. The first-order valence-electron chi connectivity index (χ1n) is 8.00. The Kier molecular flexibility index (Phi) is 5.61. The number of nitrogens with zero attached hydrogens (tertiary/aromatic N) is 1. The van der Waals surface area contributed by atoms with Gasteiger partial charge in [-0.2, -0.15) is 5.10 Å². The van der Waals surface area contributed by atoms with Crippen LogP contribution in [0.15, 0.2) is 58.1 Å². The molecule has 0 aromatic heterocycles. The van der Waals surface area contributed by atoms with E-state index in [-0.39, 0.29) is 5.75 Å². The first kappa shape index (κ1) is 18.7.